The number of hydrogen-bond donors (Lipinski definition) is 2. The van der Waals surface area contributed by atoms with Gasteiger partial charge in [-0.25, -0.2) is 4.79 Å². The van der Waals surface area contributed by atoms with Gasteiger partial charge in [-0.15, -0.1) is 0 Å². The number of carboxylic acids is 1. The number of nitrogens with zero attached hydrogens (tertiary/aromatic N) is 1. The van der Waals surface area contributed by atoms with E-state index >= 15 is 0 Å². The summed E-state index contributed by atoms with van der Waals surface area (Å²) in [5.41, 5.74) is 0.0763. The number of aromatic carboxylic acids is 1. The van der Waals surface area contributed by atoms with Crippen molar-refractivity contribution in [3.05, 3.63) is 36.0 Å². The molecule has 0 atom stereocenters. The molecule has 2 rings (SSSR count). The highest BCUT2D eigenvalue weighted by atomic mass is 19.3. The molecule has 98 valence electrons. The number of pyridine rings is 1. The molecule has 0 aliphatic heterocycles. The van der Waals surface area contributed by atoms with Crippen molar-refractivity contribution in [3.63, 3.8) is 0 Å². The molecule has 1 heterocycles. The Bertz CT molecular complexity index is 658. The van der Waals surface area contributed by atoms with Gasteiger partial charge in [0.05, 0.1) is 16.8 Å². The third-order valence-corrected chi connectivity index (χ3v) is 2.41. The zero-order valence-electron chi connectivity index (χ0n) is 9.43. The number of benzene rings is 1. The van der Waals surface area contributed by atoms with E-state index < -0.39 is 18.3 Å². The minimum Gasteiger partial charge on any atom is -0.478 e. The molecule has 2 N–H and O–H groups in total. The fourth-order valence-corrected chi connectivity index (χ4v) is 1.60. The number of hydrogen-bond acceptors (Lipinski definition) is 3. The lowest BCUT2D eigenvalue weighted by Crippen LogP contribution is -2.20. The van der Waals surface area contributed by atoms with Crippen molar-refractivity contribution in [3.8, 4) is 0 Å². The highest BCUT2D eigenvalue weighted by Gasteiger charge is 2.18. The Morgan fingerprint density at radius 3 is 2.68 bits per heavy atom. The van der Waals surface area contributed by atoms with Crippen molar-refractivity contribution < 1.29 is 23.5 Å². The molecule has 0 aliphatic carbocycles. The van der Waals surface area contributed by atoms with Crippen LogP contribution < -0.4 is 5.32 Å². The second-order valence-electron chi connectivity index (χ2n) is 3.69. The number of carbonyl (C=O) groups excluding carboxylic acids is 1. The van der Waals surface area contributed by atoms with E-state index in [1.54, 1.807) is 12.1 Å². The van der Waals surface area contributed by atoms with E-state index in [9.17, 15) is 18.4 Å². The summed E-state index contributed by atoms with van der Waals surface area (Å²) in [7, 11) is 0. The molecule has 1 aromatic carbocycles. The number of anilines is 1. The smallest absolute Gasteiger partial charge is 0.335 e. The van der Waals surface area contributed by atoms with E-state index in [-0.39, 0.29) is 16.8 Å². The van der Waals surface area contributed by atoms with Gasteiger partial charge >= 0.3 is 12.4 Å². The lowest BCUT2D eigenvalue weighted by Gasteiger charge is -2.09. The molecule has 0 aliphatic rings. The van der Waals surface area contributed by atoms with E-state index in [1.165, 1.54) is 12.3 Å². The minimum atomic E-state index is -3.19. The Hall–Kier alpha value is -2.57. The fourth-order valence-electron chi connectivity index (χ4n) is 1.60. The zero-order valence-corrected chi connectivity index (χ0v) is 9.43. The van der Waals surface area contributed by atoms with E-state index in [0.29, 0.717) is 5.39 Å². The van der Waals surface area contributed by atoms with Crippen molar-refractivity contribution in [2.45, 2.75) is 6.43 Å². The Labute approximate surface area is 105 Å². The van der Waals surface area contributed by atoms with Gasteiger partial charge in [-0.1, -0.05) is 6.07 Å². The third-order valence-electron chi connectivity index (χ3n) is 2.41. The summed E-state index contributed by atoms with van der Waals surface area (Å²) in [6.45, 7) is 0. The Balaban J connectivity index is 2.56. The topological polar surface area (TPSA) is 79.3 Å². The van der Waals surface area contributed by atoms with Crippen molar-refractivity contribution in [2.24, 2.45) is 0 Å². The van der Waals surface area contributed by atoms with Crippen LogP contribution in [0.15, 0.2) is 30.5 Å². The average molecular weight is 266 g/mol. The maximum atomic E-state index is 12.2. The standard InChI is InChI=1S/C12H8F2N2O3/c13-10(14)11(17)16-8-5-7(12(18)19)4-6-2-1-3-15-9(6)8/h1-5,10H,(H,16,17)(H,18,19). The van der Waals surface area contributed by atoms with Crippen LogP contribution in [0.5, 0.6) is 0 Å². The molecule has 0 unspecified atom stereocenters. The maximum absolute atomic E-state index is 12.2. The molecule has 2 aromatic rings. The Morgan fingerprint density at radius 1 is 1.32 bits per heavy atom. The van der Waals surface area contributed by atoms with Crippen molar-refractivity contribution in [2.75, 3.05) is 5.32 Å². The van der Waals surface area contributed by atoms with Crippen LogP contribution in [0.25, 0.3) is 10.9 Å². The molecule has 1 amide bonds. The molecule has 1 aromatic heterocycles. The number of alkyl halides is 2. The summed E-state index contributed by atoms with van der Waals surface area (Å²) in [6.07, 6.45) is -1.77. The molecule has 5 nitrogen and oxygen atoms in total. The number of halogens is 2. The second kappa shape index (κ2) is 4.97. The summed E-state index contributed by atoms with van der Waals surface area (Å²) in [6, 6.07) is 5.60. The largest absolute Gasteiger partial charge is 0.478 e. The molecule has 7 heteroatoms. The monoisotopic (exact) mass is 266 g/mol. The predicted octanol–water partition coefficient (Wildman–Crippen LogP) is 2.14. The molecule has 0 saturated carbocycles. The normalized spacial score (nSPS) is 10.7. The van der Waals surface area contributed by atoms with E-state index in [1.807, 2.05) is 5.32 Å². The van der Waals surface area contributed by atoms with Gasteiger partial charge in [0, 0.05) is 11.6 Å². The van der Waals surface area contributed by atoms with Gasteiger partial charge in [-0.3, -0.25) is 9.78 Å². The lowest BCUT2D eigenvalue weighted by molar-refractivity contribution is -0.126. The zero-order chi connectivity index (χ0) is 14.0. The first-order valence-corrected chi connectivity index (χ1v) is 5.20. The van der Waals surface area contributed by atoms with Crippen molar-refractivity contribution in [1.29, 1.82) is 0 Å². The van der Waals surface area contributed by atoms with E-state index in [4.69, 9.17) is 5.11 Å². The number of fused-ring (bicyclic) bond motifs is 1. The third kappa shape index (κ3) is 2.65. The fraction of sp³-hybridized carbons (Fsp3) is 0.0833. The van der Waals surface area contributed by atoms with Gasteiger partial charge in [0.2, 0.25) is 0 Å². The van der Waals surface area contributed by atoms with Crippen LogP contribution >= 0.6 is 0 Å². The van der Waals surface area contributed by atoms with Crippen molar-refractivity contribution in [1.82, 2.24) is 4.98 Å². The van der Waals surface area contributed by atoms with Crippen LogP contribution in [0, 0.1) is 0 Å². The molecule has 0 saturated heterocycles. The first-order chi connectivity index (χ1) is 8.99. The number of rotatable bonds is 3. The second-order valence-corrected chi connectivity index (χ2v) is 3.69. The molecule has 0 bridgehead atoms. The minimum absolute atomic E-state index is 0.0548. The van der Waals surface area contributed by atoms with E-state index in [2.05, 4.69) is 4.98 Å². The van der Waals surface area contributed by atoms with Gasteiger partial charge in [0.25, 0.3) is 5.91 Å². The molecule has 19 heavy (non-hydrogen) atoms. The molecular weight excluding hydrogens is 258 g/mol. The van der Waals surface area contributed by atoms with Crippen LogP contribution in [-0.2, 0) is 4.79 Å². The number of nitrogens with one attached hydrogen (secondary N) is 1. The lowest BCUT2D eigenvalue weighted by atomic mass is 10.1. The van der Waals surface area contributed by atoms with Gasteiger partial charge in [0.15, 0.2) is 0 Å². The highest BCUT2D eigenvalue weighted by Crippen LogP contribution is 2.24. The summed E-state index contributed by atoms with van der Waals surface area (Å²) < 4.78 is 24.4. The van der Waals surface area contributed by atoms with Crippen LogP contribution in [0.3, 0.4) is 0 Å². The predicted molar refractivity (Wildman–Crippen MR) is 63.3 cm³/mol. The molecule has 0 fully saturated rings. The summed E-state index contributed by atoms with van der Waals surface area (Å²) in [5.74, 6) is -2.73. The first kappa shape index (κ1) is 12.9. The van der Waals surface area contributed by atoms with Gasteiger partial charge in [-0.05, 0) is 18.2 Å². The van der Waals surface area contributed by atoms with Crippen LogP contribution in [0.1, 0.15) is 10.4 Å². The van der Waals surface area contributed by atoms with E-state index in [0.717, 1.165) is 6.07 Å². The van der Waals surface area contributed by atoms with Gasteiger partial charge < -0.3 is 10.4 Å². The Kier molecular flexibility index (Phi) is 3.37. The van der Waals surface area contributed by atoms with Gasteiger partial charge in [-0.2, -0.15) is 8.78 Å². The van der Waals surface area contributed by atoms with Crippen molar-refractivity contribution >= 4 is 28.5 Å². The van der Waals surface area contributed by atoms with Crippen LogP contribution in [0.2, 0.25) is 0 Å². The SMILES string of the molecule is O=C(O)c1cc(NC(=O)C(F)F)c2ncccc2c1. The number of carbonyl (C=O) groups is 2. The molecule has 0 spiro atoms. The summed E-state index contributed by atoms with van der Waals surface area (Å²) in [4.78, 5) is 25.9. The Morgan fingerprint density at radius 2 is 2.05 bits per heavy atom. The first-order valence-electron chi connectivity index (χ1n) is 5.20. The summed E-state index contributed by atoms with van der Waals surface area (Å²) in [5, 5.41) is 11.3. The number of aromatic nitrogens is 1. The van der Waals surface area contributed by atoms with Crippen LogP contribution in [-0.4, -0.2) is 28.4 Å². The molecule has 0 radical (unpaired) electrons. The highest BCUT2D eigenvalue weighted by molar-refractivity contribution is 6.04. The maximum Gasteiger partial charge on any atom is 0.335 e. The quantitative estimate of drug-likeness (QED) is 0.892. The summed E-state index contributed by atoms with van der Waals surface area (Å²) >= 11 is 0. The molecular formula is C12H8F2N2O3. The number of amides is 1. The average Bonchev–Trinajstić information content (AvgIpc) is 2.38. The number of carboxylic acid groups (broad SMARTS) is 1. The van der Waals surface area contributed by atoms with Gasteiger partial charge in [0.1, 0.15) is 0 Å². The van der Waals surface area contributed by atoms with Crippen LogP contribution in [0.4, 0.5) is 14.5 Å².